The van der Waals surface area contributed by atoms with Crippen molar-refractivity contribution < 1.29 is 50.1 Å². The van der Waals surface area contributed by atoms with E-state index in [1.54, 1.807) is 31.3 Å². The number of halogens is 2. The molecule has 2 fully saturated rings. The van der Waals surface area contributed by atoms with Gasteiger partial charge in [-0.3, -0.25) is 4.90 Å². The summed E-state index contributed by atoms with van der Waals surface area (Å²) >= 11 is 5.98. The summed E-state index contributed by atoms with van der Waals surface area (Å²) in [5.41, 5.74) is 6.20. The minimum absolute atomic E-state index is 0. The number of para-hydroxylation sites is 1. The molecule has 0 radical (unpaired) electrons. The van der Waals surface area contributed by atoms with Gasteiger partial charge in [-0.15, -0.1) is 6.20 Å². The SMILES string of the molecule is OC=C1CCC1.[CH2-]/C=C\N=[C-]CN1c2cc(C)ccc2NC1CN1CCC(c2cccc3c2OC(C)(c2ccc(Cl)cc2F)O3)CC1.[U+2]. The standard InChI is InChI=1S/C33H34ClFN4O2.C5H8O.U/c1-4-14-36-15-18-39-29-19-22(2)8-11-28(29)37-31(39)21-38-16-12-23(13-17-38)25-6-5-7-30-32(25)41-33(3,40-30)26-10-9-24(34)20-27(26)35;6-4-5-2-1-3-5;/h4-11,14,19-20,23,31,37H,1,12-13,16-18,21H2,2-3H3;4,6H,1-3H2;/q-2;;+2/b14-4-;;. The first kappa shape index (κ1) is 36.2. The number of nitrogens with zero attached hydrogens (tertiary/aromatic N) is 3. The number of aliphatic hydroxyl groups is 1. The molecule has 7 nitrogen and oxygen atoms in total. The van der Waals surface area contributed by atoms with Crippen molar-refractivity contribution in [1.29, 1.82) is 0 Å². The smallest absolute Gasteiger partial charge is 0.516 e. The quantitative estimate of drug-likeness (QED) is 0.141. The Bertz CT molecular complexity index is 1670. The summed E-state index contributed by atoms with van der Waals surface area (Å²) < 4.78 is 27.4. The average molecular weight is 895 g/mol. The van der Waals surface area contributed by atoms with E-state index < -0.39 is 11.6 Å². The monoisotopic (exact) mass is 894 g/mol. The van der Waals surface area contributed by atoms with Crippen LogP contribution in [-0.4, -0.2) is 48.6 Å². The summed E-state index contributed by atoms with van der Waals surface area (Å²) in [4.78, 5) is 9.06. The van der Waals surface area contributed by atoms with Crippen molar-refractivity contribution in [1.82, 2.24) is 4.90 Å². The fraction of sp³-hybridized carbons (Fsp3) is 0.368. The molecule has 10 heteroatoms. The molecule has 3 aromatic carbocycles. The van der Waals surface area contributed by atoms with Gasteiger partial charge in [0.15, 0.2) is 11.5 Å². The van der Waals surface area contributed by atoms with E-state index in [0.717, 1.165) is 56.6 Å². The molecule has 48 heavy (non-hydrogen) atoms. The minimum atomic E-state index is -1.25. The van der Waals surface area contributed by atoms with E-state index in [1.165, 1.54) is 35.6 Å². The molecule has 0 aromatic heterocycles. The maximum atomic E-state index is 14.8. The van der Waals surface area contributed by atoms with Crippen LogP contribution in [0.2, 0.25) is 5.02 Å². The number of rotatable bonds is 7. The van der Waals surface area contributed by atoms with Gasteiger partial charge in [-0.25, -0.2) is 17.4 Å². The number of anilines is 2. The Kier molecular flexibility index (Phi) is 12.1. The summed E-state index contributed by atoms with van der Waals surface area (Å²) in [6.45, 7) is 11.0. The van der Waals surface area contributed by atoms with E-state index in [4.69, 9.17) is 26.2 Å². The molecular weight excluding hydrogens is 853 g/mol. The third kappa shape index (κ3) is 8.03. The maximum Gasteiger partial charge on any atom is 2.00 e. The summed E-state index contributed by atoms with van der Waals surface area (Å²) in [5.74, 6) is -0.0137. The maximum absolute atomic E-state index is 14.8. The second-order valence-corrected chi connectivity index (χ2v) is 13.1. The molecule has 2 N–H and O–H groups in total. The van der Waals surface area contributed by atoms with Crippen molar-refractivity contribution in [2.75, 3.05) is 36.4 Å². The van der Waals surface area contributed by atoms with Gasteiger partial charge in [-0.05, 0) is 112 Å². The van der Waals surface area contributed by atoms with Gasteiger partial charge in [0.2, 0.25) is 0 Å². The van der Waals surface area contributed by atoms with Crippen LogP contribution in [0.15, 0.2) is 83.7 Å². The fourth-order valence-corrected chi connectivity index (χ4v) is 6.77. The van der Waals surface area contributed by atoms with Gasteiger partial charge in [-0.1, -0.05) is 29.8 Å². The predicted molar refractivity (Wildman–Crippen MR) is 187 cm³/mol. The third-order valence-corrected chi connectivity index (χ3v) is 9.58. The van der Waals surface area contributed by atoms with Crippen molar-refractivity contribution in [2.45, 2.75) is 63.8 Å². The molecule has 1 saturated heterocycles. The zero-order valence-corrected chi connectivity index (χ0v) is 32.4. The molecule has 2 unspecified atom stereocenters. The Labute approximate surface area is 312 Å². The number of aliphatic hydroxyl groups excluding tert-OH is 1. The number of aliphatic imine (C=N–C) groups is 1. The van der Waals surface area contributed by atoms with E-state index in [2.05, 4.69) is 64.4 Å². The predicted octanol–water partition coefficient (Wildman–Crippen LogP) is 8.78. The van der Waals surface area contributed by atoms with Gasteiger partial charge in [0.1, 0.15) is 12.0 Å². The van der Waals surface area contributed by atoms with Crippen LogP contribution in [0.3, 0.4) is 0 Å². The number of aryl methyl sites for hydroxylation is 1. The van der Waals surface area contributed by atoms with E-state index >= 15 is 0 Å². The normalized spacial score (nSPS) is 21.7. The molecule has 1 saturated carbocycles. The minimum Gasteiger partial charge on any atom is -0.516 e. The second-order valence-electron chi connectivity index (χ2n) is 12.6. The van der Waals surface area contributed by atoms with Crippen LogP contribution < -0.4 is 19.7 Å². The Balaban J connectivity index is 0.000000582. The van der Waals surface area contributed by atoms with Crippen LogP contribution in [0.5, 0.6) is 11.5 Å². The molecule has 7 rings (SSSR count). The first-order valence-electron chi connectivity index (χ1n) is 16.3. The van der Waals surface area contributed by atoms with E-state index in [-0.39, 0.29) is 37.3 Å². The zero-order valence-electron chi connectivity index (χ0n) is 27.5. The van der Waals surface area contributed by atoms with Crippen LogP contribution in [0.1, 0.15) is 61.6 Å². The van der Waals surface area contributed by atoms with Gasteiger partial charge < -0.3 is 29.8 Å². The molecule has 2 atom stereocenters. The van der Waals surface area contributed by atoms with Crippen LogP contribution in [-0.2, 0) is 5.79 Å². The van der Waals surface area contributed by atoms with Gasteiger partial charge in [-0.2, -0.15) is 6.21 Å². The van der Waals surface area contributed by atoms with Crippen molar-refractivity contribution >= 4 is 29.2 Å². The van der Waals surface area contributed by atoms with Crippen LogP contribution >= 0.6 is 11.6 Å². The van der Waals surface area contributed by atoms with Gasteiger partial charge in [0.05, 0.1) is 23.2 Å². The summed E-state index contributed by atoms with van der Waals surface area (Å²) in [5, 5.41) is 12.3. The topological polar surface area (TPSA) is 69.6 Å². The zero-order chi connectivity index (χ0) is 33.0. The molecule has 3 aromatic rings. The fourth-order valence-electron chi connectivity index (χ4n) is 6.61. The molecule has 3 heterocycles. The third-order valence-electron chi connectivity index (χ3n) is 9.34. The average Bonchev–Trinajstić information content (AvgIpc) is 3.55. The first-order chi connectivity index (χ1) is 22.8. The summed E-state index contributed by atoms with van der Waals surface area (Å²) in [7, 11) is 0. The molecule has 4 aliphatic rings. The molecule has 1 aliphatic carbocycles. The van der Waals surface area contributed by atoms with Crippen molar-refractivity contribution in [3.63, 3.8) is 0 Å². The number of likely N-dealkylation sites (tertiary alicyclic amines) is 1. The Morgan fingerprint density at radius 1 is 1.15 bits per heavy atom. The van der Waals surface area contributed by atoms with E-state index in [9.17, 15) is 4.39 Å². The Hall–Kier alpha value is -3.09. The molecular formula is C38H42ClFN4O3U. The van der Waals surface area contributed by atoms with Crippen LogP contribution in [0.25, 0.3) is 0 Å². The number of hydrogen-bond acceptors (Lipinski definition) is 7. The summed E-state index contributed by atoms with van der Waals surface area (Å²) in [6.07, 6.45) is 13.3. The van der Waals surface area contributed by atoms with E-state index in [0.29, 0.717) is 34.5 Å². The van der Waals surface area contributed by atoms with Gasteiger partial charge >= 0.3 is 31.1 Å². The second kappa shape index (κ2) is 16.1. The number of ether oxygens (including phenoxy) is 2. The van der Waals surface area contributed by atoms with Crippen LogP contribution in [0.4, 0.5) is 15.8 Å². The molecule has 0 bridgehead atoms. The number of allylic oxidation sites excluding steroid dienone is 2. The van der Waals surface area contributed by atoms with Crippen molar-refractivity contribution in [3.8, 4) is 11.5 Å². The van der Waals surface area contributed by atoms with Gasteiger partial charge in [0.25, 0.3) is 5.79 Å². The molecule has 0 amide bonds. The Morgan fingerprint density at radius 2 is 1.94 bits per heavy atom. The van der Waals surface area contributed by atoms with Crippen LogP contribution in [0, 0.1) is 50.8 Å². The van der Waals surface area contributed by atoms with E-state index in [1.807, 2.05) is 12.1 Å². The number of piperidine rings is 1. The first-order valence-corrected chi connectivity index (χ1v) is 16.7. The molecule has 3 aliphatic heterocycles. The van der Waals surface area contributed by atoms with Crippen molar-refractivity contribution in [2.24, 2.45) is 4.99 Å². The number of nitrogens with one attached hydrogen (secondary N) is 1. The number of hydrogen-bond donors (Lipinski definition) is 2. The van der Waals surface area contributed by atoms with Gasteiger partial charge in [0, 0.05) is 24.1 Å². The molecule has 250 valence electrons. The number of fused-ring (bicyclic) bond motifs is 2. The van der Waals surface area contributed by atoms with Crippen molar-refractivity contribution in [3.05, 3.63) is 113 Å². The summed E-state index contributed by atoms with van der Waals surface area (Å²) in [6, 6.07) is 17.1. The Morgan fingerprint density at radius 3 is 2.60 bits per heavy atom. The number of benzene rings is 3. The molecule has 0 spiro atoms. The largest absolute Gasteiger partial charge is 2.00 e.